The van der Waals surface area contributed by atoms with Crippen molar-refractivity contribution in [2.24, 2.45) is 0 Å². The lowest BCUT2D eigenvalue weighted by Crippen LogP contribution is -2.60. The minimum atomic E-state index is -0.206. The summed E-state index contributed by atoms with van der Waals surface area (Å²) in [6.07, 6.45) is 1.66. The monoisotopic (exact) mass is 756 g/mol. The normalized spacial score (nSPS) is 15.9. The third kappa shape index (κ3) is 5.27. The summed E-state index contributed by atoms with van der Waals surface area (Å²) in [5.74, 6) is 4.55. The number of hydrogen-bond donors (Lipinski definition) is 0. The molecule has 7 aromatic rings. The van der Waals surface area contributed by atoms with E-state index < -0.39 is 0 Å². The predicted octanol–water partition coefficient (Wildman–Crippen LogP) is 10.2. The van der Waals surface area contributed by atoms with E-state index in [1.54, 1.807) is 0 Å². The summed E-state index contributed by atoms with van der Waals surface area (Å²) in [7, 11) is 0. The zero-order valence-electron chi connectivity index (χ0n) is 33.3. The standard InChI is InChI=1S/C48H45BN2O6/c1-47(2,3)28-12-16-36-32(24-28)42-45(56-36)50(30-14-18-38-40(26-30)54-22-8-20-52-38)34-10-7-11-35-44(34)49(42)43-33-25-29(48(4,5)6)13-17-37(33)57-46(43)51(35)31-15-19-39-41(27-31)55-23-9-21-53-39/h7,10-19,24-27H,8-9,20-23H2,1-6H3. The van der Waals surface area contributed by atoms with Crippen molar-refractivity contribution >= 4 is 79.6 Å². The van der Waals surface area contributed by atoms with Crippen LogP contribution >= 0.6 is 0 Å². The third-order valence-electron chi connectivity index (χ3n) is 11.9. The Balaban J connectivity index is 1.24. The number of nitrogens with zero attached hydrogens (tertiary/aromatic N) is 2. The van der Waals surface area contributed by atoms with Crippen LogP contribution in [0.3, 0.4) is 0 Å². The third-order valence-corrected chi connectivity index (χ3v) is 11.9. The lowest BCUT2D eigenvalue weighted by Gasteiger charge is -2.40. The van der Waals surface area contributed by atoms with Crippen molar-refractivity contribution in [3.8, 4) is 23.0 Å². The van der Waals surface area contributed by atoms with Gasteiger partial charge >= 0.3 is 0 Å². The van der Waals surface area contributed by atoms with Crippen LogP contribution in [-0.2, 0) is 10.8 Å². The lowest BCUT2D eigenvalue weighted by molar-refractivity contribution is 0.296. The van der Waals surface area contributed by atoms with Gasteiger partial charge in [-0.25, -0.2) is 0 Å². The van der Waals surface area contributed by atoms with Crippen LogP contribution in [0.15, 0.2) is 99.8 Å². The maximum Gasteiger partial charge on any atom is 0.262 e. The second-order valence-electron chi connectivity index (χ2n) is 17.7. The molecule has 57 heavy (non-hydrogen) atoms. The molecule has 0 amide bonds. The smallest absolute Gasteiger partial charge is 0.262 e. The molecule has 11 rings (SSSR count). The molecule has 6 heterocycles. The van der Waals surface area contributed by atoms with Crippen molar-refractivity contribution in [1.82, 2.24) is 0 Å². The molecule has 0 saturated heterocycles. The zero-order valence-corrected chi connectivity index (χ0v) is 33.3. The summed E-state index contributed by atoms with van der Waals surface area (Å²) in [6, 6.07) is 32.4. The lowest BCUT2D eigenvalue weighted by atomic mass is 9.33. The van der Waals surface area contributed by atoms with E-state index >= 15 is 0 Å². The van der Waals surface area contributed by atoms with Crippen molar-refractivity contribution < 1.29 is 27.8 Å². The van der Waals surface area contributed by atoms with E-state index in [4.69, 9.17) is 27.8 Å². The van der Waals surface area contributed by atoms with Gasteiger partial charge < -0.3 is 27.8 Å². The van der Waals surface area contributed by atoms with E-state index in [1.807, 2.05) is 12.1 Å². The molecule has 0 fully saturated rings. The van der Waals surface area contributed by atoms with E-state index in [-0.39, 0.29) is 17.5 Å². The fourth-order valence-corrected chi connectivity index (χ4v) is 9.00. The maximum absolute atomic E-state index is 7.09. The molecule has 0 bridgehead atoms. The fraction of sp³-hybridized carbons (Fsp3) is 0.292. The molecule has 9 heteroatoms. The van der Waals surface area contributed by atoms with E-state index in [0.29, 0.717) is 26.4 Å². The van der Waals surface area contributed by atoms with Gasteiger partial charge in [0.2, 0.25) is 11.8 Å². The van der Waals surface area contributed by atoms with Gasteiger partial charge in [0.05, 0.1) is 37.8 Å². The van der Waals surface area contributed by atoms with Gasteiger partial charge in [-0.05, 0) is 88.1 Å². The van der Waals surface area contributed by atoms with Crippen LogP contribution in [0.4, 0.5) is 34.5 Å². The molecule has 8 nitrogen and oxygen atoms in total. The summed E-state index contributed by atoms with van der Waals surface area (Å²) < 4.78 is 38.9. The Bertz CT molecular complexity index is 2590. The molecular formula is C48H45BN2O6. The highest BCUT2D eigenvalue weighted by Gasteiger charge is 2.49. The number of fused-ring (bicyclic) bond motifs is 10. The first-order chi connectivity index (χ1) is 27.5. The van der Waals surface area contributed by atoms with Crippen LogP contribution in [0, 0.1) is 0 Å². The van der Waals surface area contributed by atoms with Crippen LogP contribution in [0.25, 0.3) is 21.9 Å². The van der Waals surface area contributed by atoms with Crippen LogP contribution in [0.5, 0.6) is 23.0 Å². The van der Waals surface area contributed by atoms with Gasteiger partial charge in [0, 0.05) is 58.0 Å². The molecule has 4 aliphatic heterocycles. The quantitative estimate of drug-likeness (QED) is 0.162. The van der Waals surface area contributed by atoms with E-state index in [0.717, 1.165) is 103 Å². The molecule has 0 atom stereocenters. The highest BCUT2D eigenvalue weighted by Crippen LogP contribution is 2.49. The fourth-order valence-electron chi connectivity index (χ4n) is 9.00. The number of anilines is 6. The summed E-state index contributed by atoms with van der Waals surface area (Å²) in [5, 5.41) is 2.19. The SMILES string of the molecule is CC(C)(C)c1ccc2oc3c(c2c1)B1c2c(cccc2N(c2ccc4c(c2)OCCCO4)c2oc4ccc(C(C)(C)C)cc4c21)N3c1ccc2c(c1)OCCCO2. The maximum atomic E-state index is 7.09. The summed E-state index contributed by atoms with van der Waals surface area (Å²) >= 11 is 0. The van der Waals surface area contributed by atoms with Gasteiger partial charge in [0.15, 0.2) is 23.0 Å². The summed E-state index contributed by atoms with van der Waals surface area (Å²) in [5.41, 5.74) is 11.4. The molecule has 0 saturated carbocycles. The van der Waals surface area contributed by atoms with Crippen LogP contribution in [0.1, 0.15) is 65.5 Å². The molecule has 0 unspecified atom stereocenters. The highest BCUT2D eigenvalue weighted by atomic mass is 16.5. The molecule has 0 aliphatic carbocycles. The topological polar surface area (TPSA) is 69.7 Å². The van der Waals surface area contributed by atoms with Gasteiger partial charge in [0.25, 0.3) is 6.71 Å². The number of rotatable bonds is 2. The molecular weight excluding hydrogens is 711 g/mol. The van der Waals surface area contributed by atoms with Crippen molar-refractivity contribution in [1.29, 1.82) is 0 Å². The van der Waals surface area contributed by atoms with Gasteiger partial charge in [-0.3, -0.25) is 9.80 Å². The highest BCUT2D eigenvalue weighted by molar-refractivity contribution is 7.02. The van der Waals surface area contributed by atoms with Crippen molar-refractivity contribution in [3.63, 3.8) is 0 Å². The second-order valence-corrected chi connectivity index (χ2v) is 17.7. The van der Waals surface area contributed by atoms with E-state index in [1.165, 1.54) is 16.6 Å². The first kappa shape index (κ1) is 34.3. The zero-order chi connectivity index (χ0) is 38.8. The Hall–Kier alpha value is -5.96. The Morgan fingerprint density at radius 1 is 0.474 bits per heavy atom. The first-order valence-electron chi connectivity index (χ1n) is 20.2. The second kappa shape index (κ2) is 12.3. The Kier molecular flexibility index (Phi) is 7.39. The molecule has 0 N–H and O–H groups in total. The molecule has 2 aromatic heterocycles. The van der Waals surface area contributed by atoms with Gasteiger partial charge in [-0.2, -0.15) is 0 Å². The number of hydrogen-bond acceptors (Lipinski definition) is 8. The van der Waals surface area contributed by atoms with Crippen LogP contribution in [-0.4, -0.2) is 33.1 Å². The number of benzene rings is 5. The van der Waals surface area contributed by atoms with Crippen molar-refractivity contribution in [2.45, 2.75) is 65.2 Å². The van der Waals surface area contributed by atoms with Gasteiger partial charge in [-0.1, -0.05) is 59.7 Å². The van der Waals surface area contributed by atoms with Crippen molar-refractivity contribution in [2.75, 3.05) is 36.2 Å². The Morgan fingerprint density at radius 2 is 0.912 bits per heavy atom. The largest absolute Gasteiger partial charge is 0.490 e. The average Bonchev–Trinajstić information content (AvgIpc) is 3.53. The molecule has 4 aliphatic rings. The molecule has 5 aromatic carbocycles. The van der Waals surface area contributed by atoms with Crippen LogP contribution < -0.4 is 45.1 Å². The Morgan fingerprint density at radius 3 is 1.35 bits per heavy atom. The summed E-state index contributed by atoms with van der Waals surface area (Å²) in [6.45, 7) is 15.8. The predicted molar refractivity (Wildman–Crippen MR) is 229 cm³/mol. The summed E-state index contributed by atoms with van der Waals surface area (Å²) in [4.78, 5) is 4.55. The first-order valence-corrected chi connectivity index (χ1v) is 20.2. The van der Waals surface area contributed by atoms with Crippen LogP contribution in [0.2, 0.25) is 0 Å². The van der Waals surface area contributed by atoms with E-state index in [2.05, 4.69) is 130 Å². The Labute approximate surface area is 332 Å². The van der Waals surface area contributed by atoms with Gasteiger partial charge in [-0.15, -0.1) is 0 Å². The van der Waals surface area contributed by atoms with Gasteiger partial charge in [0.1, 0.15) is 11.2 Å². The number of furan rings is 2. The minimum absolute atomic E-state index is 0.0698. The molecule has 286 valence electrons. The molecule has 0 radical (unpaired) electrons. The van der Waals surface area contributed by atoms with Crippen molar-refractivity contribution in [3.05, 3.63) is 102 Å². The van der Waals surface area contributed by atoms with E-state index in [9.17, 15) is 0 Å². The average molecular weight is 757 g/mol. The molecule has 0 spiro atoms. The minimum Gasteiger partial charge on any atom is -0.490 e. The number of ether oxygens (including phenoxy) is 4.